The van der Waals surface area contributed by atoms with Crippen molar-refractivity contribution in [3.63, 3.8) is 0 Å². The topological polar surface area (TPSA) is 82.8 Å². The van der Waals surface area contributed by atoms with E-state index < -0.39 is 10.1 Å². The molecule has 0 saturated carbocycles. The average molecular weight is 382 g/mol. The molecule has 3 aromatic rings. The molecule has 2 heterocycles. The molecule has 1 aliphatic rings. The Kier molecular flexibility index (Phi) is 4.08. The summed E-state index contributed by atoms with van der Waals surface area (Å²) in [6, 6.07) is 15.6. The van der Waals surface area contributed by atoms with Crippen LogP contribution >= 0.6 is 0 Å². The van der Waals surface area contributed by atoms with E-state index >= 15 is 0 Å². The van der Waals surface area contributed by atoms with E-state index in [-0.39, 0.29) is 27.9 Å². The van der Waals surface area contributed by atoms with Gasteiger partial charge in [-0.05, 0) is 43.3 Å². The maximum Gasteiger partial charge on any atom is 0.339 e. The highest BCUT2D eigenvalue weighted by atomic mass is 32.2. The molecule has 6 nitrogen and oxygen atoms in total. The fourth-order valence-corrected chi connectivity index (χ4v) is 3.58. The summed E-state index contributed by atoms with van der Waals surface area (Å²) >= 11 is 0. The smallest absolute Gasteiger partial charge is 0.339 e. The molecule has 0 atom stereocenters. The summed E-state index contributed by atoms with van der Waals surface area (Å²) in [7, 11) is -3.97. The van der Waals surface area contributed by atoms with Crippen LogP contribution in [-0.2, 0) is 10.1 Å². The van der Waals surface area contributed by atoms with Crippen LogP contribution in [0.15, 0.2) is 75.7 Å². The largest absolute Gasteiger partial charge is 0.462 e. The van der Waals surface area contributed by atoms with Gasteiger partial charge < -0.3 is 13.3 Å². The minimum atomic E-state index is -3.97. The van der Waals surface area contributed by atoms with Gasteiger partial charge in [-0.25, -0.2) is 0 Å². The first-order valence-corrected chi connectivity index (χ1v) is 9.47. The molecule has 2 aromatic carbocycles. The molecule has 0 spiro atoms. The van der Waals surface area contributed by atoms with Gasteiger partial charge in [-0.3, -0.25) is 4.79 Å². The quantitative estimate of drug-likeness (QED) is 0.501. The average Bonchev–Trinajstić information content (AvgIpc) is 3.19. The normalized spacial score (nSPS) is 14.9. The van der Waals surface area contributed by atoms with E-state index in [0.29, 0.717) is 17.1 Å². The Balaban J connectivity index is 1.60. The molecular formula is C20H14O6S. The Morgan fingerprint density at radius 2 is 1.78 bits per heavy atom. The van der Waals surface area contributed by atoms with Gasteiger partial charge in [0.25, 0.3) is 0 Å². The lowest BCUT2D eigenvalue weighted by Crippen LogP contribution is -2.09. The van der Waals surface area contributed by atoms with E-state index in [9.17, 15) is 13.2 Å². The number of allylic oxidation sites excluding steroid dienone is 1. The van der Waals surface area contributed by atoms with Crippen molar-refractivity contribution in [1.82, 2.24) is 0 Å². The van der Waals surface area contributed by atoms with Crippen LogP contribution in [0.2, 0.25) is 0 Å². The summed E-state index contributed by atoms with van der Waals surface area (Å²) < 4.78 is 40.8. The number of Topliss-reactive ketones (excluding diaryl/α,β-unsaturated/α-hetero) is 1. The number of aryl methyl sites for hydroxylation is 1. The summed E-state index contributed by atoms with van der Waals surface area (Å²) in [6.07, 6.45) is 1.50. The summed E-state index contributed by atoms with van der Waals surface area (Å²) in [6.45, 7) is 1.80. The minimum Gasteiger partial charge on any atom is -0.462 e. The second-order valence-electron chi connectivity index (χ2n) is 5.90. The van der Waals surface area contributed by atoms with Crippen molar-refractivity contribution in [1.29, 1.82) is 0 Å². The van der Waals surface area contributed by atoms with Gasteiger partial charge in [0.15, 0.2) is 5.76 Å². The maximum absolute atomic E-state index is 12.4. The van der Waals surface area contributed by atoms with E-state index in [4.69, 9.17) is 13.3 Å². The van der Waals surface area contributed by atoms with E-state index in [0.717, 1.165) is 0 Å². The van der Waals surface area contributed by atoms with Crippen molar-refractivity contribution in [3.05, 3.63) is 83.5 Å². The predicted octanol–water partition coefficient (Wildman–Crippen LogP) is 3.97. The molecule has 0 radical (unpaired) electrons. The molecule has 136 valence electrons. The number of ether oxygens (including phenoxy) is 1. The van der Waals surface area contributed by atoms with Crippen LogP contribution in [-0.4, -0.2) is 14.2 Å². The number of fused-ring (bicyclic) bond motifs is 1. The molecule has 0 bridgehead atoms. The van der Waals surface area contributed by atoms with Crippen LogP contribution < -0.4 is 8.92 Å². The Morgan fingerprint density at radius 1 is 1.00 bits per heavy atom. The summed E-state index contributed by atoms with van der Waals surface area (Å²) in [5, 5.41) is 0. The molecule has 27 heavy (non-hydrogen) atoms. The first-order chi connectivity index (χ1) is 12.9. The first kappa shape index (κ1) is 17.1. The fourth-order valence-electron chi connectivity index (χ4n) is 2.64. The van der Waals surface area contributed by atoms with Crippen LogP contribution in [0.5, 0.6) is 11.5 Å². The summed E-state index contributed by atoms with van der Waals surface area (Å²) in [4.78, 5) is 12.5. The van der Waals surface area contributed by atoms with Gasteiger partial charge in [0, 0.05) is 12.1 Å². The molecule has 0 N–H and O–H groups in total. The summed E-state index contributed by atoms with van der Waals surface area (Å²) in [5.74, 6) is 1.29. The zero-order valence-corrected chi connectivity index (χ0v) is 15.0. The van der Waals surface area contributed by atoms with Gasteiger partial charge >= 0.3 is 10.1 Å². The molecular weight excluding hydrogens is 368 g/mol. The van der Waals surface area contributed by atoms with Crippen LogP contribution in [0, 0.1) is 6.92 Å². The van der Waals surface area contributed by atoms with Crippen molar-refractivity contribution in [2.75, 3.05) is 0 Å². The number of hydrogen-bond donors (Lipinski definition) is 0. The molecule has 0 amide bonds. The number of carbonyl (C=O) groups excluding carboxylic acids is 1. The van der Waals surface area contributed by atoms with E-state index in [1.165, 1.54) is 36.4 Å². The Labute approximate surface area is 155 Å². The van der Waals surface area contributed by atoms with Crippen molar-refractivity contribution in [2.45, 2.75) is 11.8 Å². The molecule has 1 aromatic heterocycles. The third kappa shape index (κ3) is 3.37. The molecule has 0 aliphatic carbocycles. The third-order valence-corrected chi connectivity index (χ3v) is 5.18. The maximum atomic E-state index is 12.4. The van der Waals surface area contributed by atoms with Gasteiger partial charge in [-0.1, -0.05) is 18.2 Å². The zero-order valence-electron chi connectivity index (χ0n) is 14.2. The SMILES string of the molecule is Cc1ccc(C=C2Oc3cc(OS(=O)(=O)c4ccccc4)ccc3C2=O)o1. The van der Waals surface area contributed by atoms with Gasteiger partial charge in [-0.2, -0.15) is 8.42 Å². The van der Waals surface area contributed by atoms with Crippen molar-refractivity contribution in [2.24, 2.45) is 0 Å². The molecule has 0 fully saturated rings. The highest BCUT2D eigenvalue weighted by molar-refractivity contribution is 7.87. The van der Waals surface area contributed by atoms with E-state index in [1.807, 2.05) is 0 Å². The predicted molar refractivity (Wildman–Crippen MR) is 97.1 cm³/mol. The molecule has 0 unspecified atom stereocenters. The van der Waals surface area contributed by atoms with Crippen molar-refractivity contribution < 1.29 is 26.5 Å². The van der Waals surface area contributed by atoms with Crippen LogP contribution in [0.1, 0.15) is 21.9 Å². The minimum absolute atomic E-state index is 0.0382. The van der Waals surface area contributed by atoms with E-state index in [1.54, 1.807) is 37.3 Å². The zero-order chi connectivity index (χ0) is 19.0. The van der Waals surface area contributed by atoms with Gasteiger partial charge in [0.2, 0.25) is 5.78 Å². The number of hydrogen-bond acceptors (Lipinski definition) is 6. The number of carbonyl (C=O) groups is 1. The number of furan rings is 1. The highest BCUT2D eigenvalue weighted by Crippen LogP contribution is 2.35. The second kappa shape index (κ2) is 6.44. The van der Waals surface area contributed by atoms with Gasteiger partial charge in [0.1, 0.15) is 27.9 Å². The Hall–Kier alpha value is -3.32. The molecule has 7 heteroatoms. The lowest BCUT2D eigenvalue weighted by Gasteiger charge is -2.07. The monoisotopic (exact) mass is 382 g/mol. The standard InChI is InChI=1S/C20H14O6S/c1-13-7-8-14(24-13)11-19-20(21)17-10-9-15(12-18(17)25-19)26-27(22,23)16-5-3-2-4-6-16/h2-12H,1H3. The molecule has 0 saturated heterocycles. The van der Waals surface area contributed by atoms with Crippen LogP contribution in [0.25, 0.3) is 6.08 Å². The van der Waals surface area contributed by atoms with Crippen molar-refractivity contribution >= 4 is 22.0 Å². The molecule has 4 rings (SSSR count). The molecule has 1 aliphatic heterocycles. The van der Waals surface area contributed by atoms with Crippen LogP contribution in [0.4, 0.5) is 0 Å². The lowest BCUT2D eigenvalue weighted by molar-refractivity contribution is 0.101. The number of ketones is 1. The van der Waals surface area contributed by atoms with Gasteiger partial charge in [0.05, 0.1) is 5.56 Å². The first-order valence-electron chi connectivity index (χ1n) is 8.07. The van der Waals surface area contributed by atoms with Crippen LogP contribution in [0.3, 0.4) is 0 Å². The lowest BCUT2D eigenvalue weighted by atomic mass is 10.1. The Bertz CT molecular complexity index is 1160. The number of rotatable bonds is 4. The van der Waals surface area contributed by atoms with Crippen molar-refractivity contribution in [3.8, 4) is 11.5 Å². The highest BCUT2D eigenvalue weighted by Gasteiger charge is 2.29. The summed E-state index contributed by atoms with van der Waals surface area (Å²) in [5.41, 5.74) is 0.328. The van der Waals surface area contributed by atoms with Gasteiger partial charge in [-0.15, -0.1) is 0 Å². The second-order valence-corrected chi connectivity index (χ2v) is 7.44. The van der Waals surface area contributed by atoms with E-state index in [2.05, 4.69) is 0 Å². The third-order valence-electron chi connectivity index (χ3n) is 3.91. The fraction of sp³-hybridized carbons (Fsp3) is 0.0500. The number of benzene rings is 2. The Morgan fingerprint density at radius 3 is 2.48 bits per heavy atom.